The van der Waals surface area contributed by atoms with Gasteiger partial charge in [0.05, 0.1) is 0 Å². The summed E-state index contributed by atoms with van der Waals surface area (Å²) in [5.74, 6) is 0. The molecule has 0 unspecified atom stereocenters. The number of hydrogen-bond donors (Lipinski definition) is 1. The van der Waals surface area contributed by atoms with Crippen LogP contribution in [0.4, 0.5) is 0 Å². The summed E-state index contributed by atoms with van der Waals surface area (Å²) in [6.45, 7) is 8.78. The van der Waals surface area contributed by atoms with E-state index < -0.39 is 0 Å². The lowest BCUT2D eigenvalue weighted by Gasteiger charge is -1.84. The molecule has 4 nitrogen and oxygen atoms in total. The molecule has 0 bridgehead atoms. The number of unbranched alkanes of at least 4 members (excludes halogenated alkanes) is 1. The van der Waals surface area contributed by atoms with Crippen LogP contribution in [0.5, 0.6) is 0 Å². The normalized spacial score (nSPS) is 6.47. The van der Waals surface area contributed by atoms with Crippen molar-refractivity contribution < 1.29 is 14.3 Å². The number of methoxy groups -OCH3 is 1. The van der Waals surface area contributed by atoms with Gasteiger partial charge in [-0.3, -0.25) is 4.79 Å². The molecule has 0 fully saturated rings. The highest BCUT2D eigenvalue weighted by atomic mass is 16.5. The molecule has 0 saturated heterocycles. The van der Waals surface area contributed by atoms with E-state index in [1.165, 1.54) is 19.8 Å². The zero-order valence-corrected chi connectivity index (χ0v) is 10.8. The van der Waals surface area contributed by atoms with Crippen LogP contribution in [0, 0.1) is 0 Å². The lowest BCUT2D eigenvalue weighted by molar-refractivity contribution is -0.107. The Bertz CT molecular complexity index is 77.9. The van der Waals surface area contributed by atoms with E-state index in [4.69, 9.17) is 14.3 Å². The van der Waals surface area contributed by atoms with Crippen molar-refractivity contribution >= 4 is 12.7 Å². The molecule has 15 heavy (non-hydrogen) atoms. The van der Waals surface area contributed by atoms with Gasteiger partial charge >= 0.3 is 0 Å². The molecule has 4 heteroatoms. The Kier molecular flexibility index (Phi) is 81.5. The van der Waals surface area contributed by atoms with Crippen LogP contribution in [-0.4, -0.2) is 26.4 Å². The average Bonchev–Trinajstić information content (AvgIpc) is 2.22. The van der Waals surface area contributed by atoms with E-state index in [2.05, 4.69) is 26.5 Å². The second kappa shape index (κ2) is 51.5. The fourth-order valence-corrected chi connectivity index (χ4v) is 0.204. The first-order valence-corrected chi connectivity index (χ1v) is 5.20. The summed E-state index contributed by atoms with van der Waals surface area (Å²) < 4.78 is 4.69. The second-order valence-corrected chi connectivity index (χ2v) is 2.36. The van der Waals surface area contributed by atoms with Crippen LogP contribution in [0.3, 0.4) is 0 Å². The maximum absolute atomic E-state index is 8.81. The van der Waals surface area contributed by atoms with Gasteiger partial charge in [0.15, 0.2) is 0 Å². The van der Waals surface area contributed by atoms with Gasteiger partial charge in [-0.25, -0.2) is 0 Å². The SMILES string of the molecule is CC=O.CCCC.CCCOC.NC=O. The topological polar surface area (TPSA) is 69.4 Å². The molecule has 1 amide bonds. The molecule has 0 aromatic rings. The predicted octanol–water partition coefficient (Wildman–Crippen LogP) is 2.16. The molecule has 0 aromatic carbocycles. The minimum absolute atomic E-state index is 0.250. The summed E-state index contributed by atoms with van der Waals surface area (Å²) in [6.07, 6.45) is 4.76. The summed E-state index contributed by atoms with van der Waals surface area (Å²) in [6, 6.07) is 0. The molecule has 0 aromatic heterocycles. The van der Waals surface area contributed by atoms with Gasteiger partial charge in [0.25, 0.3) is 0 Å². The first kappa shape index (κ1) is 23.7. The number of aldehydes is 1. The second-order valence-electron chi connectivity index (χ2n) is 2.36. The van der Waals surface area contributed by atoms with E-state index in [0.29, 0.717) is 0 Å². The Balaban J connectivity index is -0.0000000553. The van der Waals surface area contributed by atoms with Gasteiger partial charge < -0.3 is 15.3 Å². The standard InChI is InChI=1S/C4H10O.C4H10.C2H4O.CH3NO/c1-3-4-5-2;1-3-4-2;1-2-3;2-1-3/h3-4H2,1-2H3;3-4H2,1-2H3;2H,1H3;1H,(H2,2,3). The summed E-state index contributed by atoms with van der Waals surface area (Å²) >= 11 is 0. The third kappa shape index (κ3) is 366. The first-order chi connectivity index (χ1) is 7.16. The van der Waals surface area contributed by atoms with Crippen LogP contribution in [0.2, 0.25) is 0 Å². The number of rotatable bonds is 3. The molecule has 0 saturated carbocycles. The highest BCUT2D eigenvalue weighted by molar-refractivity contribution is 5.44. The molecule has 0 aliphatic carbocycles. The monoisotopic (exact) mass is 221 g/mol. The lowest BCUT2D eigenvalue weighted by atomic mass is 10.4. The Labute approximate surface area is 94.2 Å². The van der Waals surface area contributed by atoms with Crippen molar-refractivity contribution in [3.8, 4) is 0 Å². The Morgan fingerprint density at radius 1 is 1.07 bits per heavy atom. The van der Waals surface area contributed by atoms with Crippen molar-refractivity contribution in [1.29, 1.82) is 0 Å². The Morgan fingerprint density at radius 2 is 1.33 bits per heavy atom. The van der Waals surface area contributed by atoms with E-state index in [0.717, 1.165) is 19.3 Å². The molecule has 0 aliphatic rings. The van der Waals surface area contributed by atoms with Crippen molar-refractivity contribution in [2.75, 3.05) is 13.7 Å². The molecule has 0 aliphatic heterocycles. The largest absolute Gasteiger partial charge is 0.385 e. The molecule has 0 radical (unpaired) electrons. The minimum atomic E-state index is 0.250. The van der Waals surface area contributed by atoms with E-state index >= 15 is 0 Å². The minimum Gasteiger partial charge on any atom is -0.385 e. The van der Waals surface area contributed by atoms with Crippen LogP contribution < -0.4 is 5.73 Å². The fraction of sp³-hybridized carbons (Fsp3) is 0.818. The van der Waals surface area contributed by atoms with E-state index in [1.54, 1.807) is 7.11 Å². The first-order valence-electron chi connectivity index (χ1n) is 5.20. The van der Waals surface area contributed by atoms with Crippen LogP contribution >= 0.6 is 0 Å². The van der Waals surface area contributed by atoms with E-state index in [1.807, 2.05) is 0 Å². The quantitative estimate of drug-likeness (QED) is 0.742. The van der Waals surface area contributed by atoms with Gasteiger partial charge in [0.1, 0.15) is 6.29 Å². The maximum atomic E-state index is 8.81. The van der Waals surface area contributed by atoms with Gasteiger partial charge in [-0.15, -0.1) is 0 Å². The maximum Gasteiger partial charge on any atom is 0.204 e. The third-order valence-corrected chi connectivity index (χ3v) is 0.908. The third-order valence-electron chi connectivity index (χ3n) is 0.908. The predicted molar refractivity (Wildman–Crippen MR) is 64.7 cm³/mol. The molecular weight excluding hydrogens is 194 g/mol. The van der Waals surface area contributed by atoms with Crippen molar-refractivity contribution in [2.45, 2.75) is 47.0 Å². The van der Waals surface area contributed by atoms with Crippen molar-refractivity contribution in [3.05, 3.63) is 0 Å². The highest BCUT2D eigenvalue weighted by Gasteiger charge is 1.66. The molecule has 94 valence electrons. The van der Waals surface area contributed by atoms with Gasteiger partial charge in [-0.05, 0) is 13.3 Å². The number of ether oxygens (including phenoxy) is 1. The van der Waals surface area contributed by atoms with Crippen molar-refractivity contribution in [1.82, 2.24) is 0 Å². The number of nitrogens with two attached hydrogens (primary N) is 1. The summed E-state index contributed by atoms with van der Waals surface area (Å²) in [7, 11) is 1.71. The van der Waals surface area contributed by atoms with Gasteiger partial charge in [-0.2, -0.15) is 0 Å². The van der Waals surface area contributed by atoms with Crippen LogP contribution in [-0.2, 0) is 14.3 Å². The molecule has 0 atom stereocenters. The fourth-order valence-electron chi connectivity index (χ4n) is 0.204. The van der Waals surface area contributed by atoms with Crippen LogP contribution in [0.25, 0.3) is 0 Å². The molecule has 2 N–H and O–H groups in total. The number of amides is 1. The molecule has 0 heterocycles. The van der Waals surface area contributed by atoms with E-state index in [-0.39, 0.29) is 6.41 Å². The number of carbonyl (C=O) groups excluding carboxylic acids is 2. The van der Waals surface area contributed by atoms with Gasteiger partial charge in [0, 0.05) is 13.7 Å². The molecule has 0 spiro atoms. The number of hydrogen-bond acceptors (Lipinski definition) is 3. The Morgan fingerprint density at radius 3 is 1.33 bits per heavy atom. The smallest absolute Gasteiger partial charge is 0.204 e. The summed E-state index contributed by atoms with van der Waals surface area (Å²) in [5, 5.41) is 0. The molecule has 0 rings (SSSR count). The zero-order chi connectivity index (χ0) is 12.9. The summed E-state index contributed by atoms with van der Waals surface area (Å²) in [4.78, 5) is 17.4. The average molecular weight is 221 g/mol. The highest BCUT2D eigenvalue weighted by Crippen LogP contribution is 1.76. The lowest BCUT2D eigenvalue weighted by Crippen LogP contribution is -1.82. The van der Waals surface area contributed by atoms with Gasteiger partial charge in [-0.1, -0.05) is 33.6 Å². The van der Waals surface area contributed by atoms with Crippen LogP contribution in [0.1, 0.15) is 47.0 Å². The molecular formula is C11H27NO3. The zero-order valence-electron chi connectivity index (χ0n) is 10.8. The van der Waals surface area contributed by atoms with Gasteiger partial charge in [0.2, 0.25) is 6.41 Å². The number of carbonyl (C=O) groups is 2. The van der Waals surface area contributed by atoms with Crippen molar-refractivity contribution in [3.63, 3.8) is 0 Å². The number of primary amides is 1. The Hall–Kier alpha value is -0.900. The summed E-state index contributed by atoms with van der Waals surface area (Å²) in [5.41, 5.74) is 4.17. The van der Waals surface area contributed by atoms with E-state index in [9.17, 15) is 0 Å². The van der Waals surface area contributed by atoms with Crippen molar-refractivity contribution in [2.24, 2.45) is 5.73 Å². The van der Waals surface area contributed by atoms with Crippen LogP contribution in [0.15, 0.2) is 0 Å².